The van der Waals surface area contributed by atoms with Crippen LogP contribution in [0.1, 0.15) is 23.5 Å². The first-order valence-corrected chi connectivity index (χ1v) is 8.96. The first-order valence-electron chi connectivity index (χ1n) is 8.96. The summed E-state index contributed by atoms with van der Waals surface area (Å²) < 4.78 is 5.24. The minimum absolute atomic E-state index is 0.0316. The van der Waals surface area contributed by atoms with Crippen molar-refractivity contribution in [1.82, 2.24) is 10.2 Å². The highest BCUT2D eigenvalue weighted by atomic mass is 16.5. The van der Waals surface area contributed by atoms with Gasteiger partial charge in [-0.05, 0) is 11.1 Å². The molecule has 136 valence electrons. The van der Waals surface area contributed by atoms with Crippen molar-refractivity contribution in [2.24, 2.45) is 0 Å². The van der Waals surface area contributed by atoms with Crippen molar-refractivity contribution < 1.29 is 14.3 Å². The van der Waals surface area contributed by atoms with E-state index in [2.05, 4.69) is 5.32 Å². The Kier molecular flexibility index (Phi) is 6.39. The van der Waals surface area contributed by atoms with E-state index in [1.54, 1.807) is 4.90 Å². The fourth-order valence-corrected chi connectivity index (χ4v) is 3.16. The van der Waals surface area contributed by atoms with E-state index in [-0.39, 0.29) is 24.3 Å². The van der Waals surface area contributed by atoms with Crippen LogP contribution in [0.25, 0.3) is 0 Å². The van der Waals surface area contributed by atoms with Crippen molar-refractivity contribution in [2.45, 2.75) is 12.3 Å². The second-order valence-electron chi connectivity index (χ2n) is 6.35. The maximum atomic E-state index is 12.5. The number of amides is 2. The molecule has 0 aliphatic carbocycles. The molecule has 2 aromatic carbocycles. The van der Waals surface area contributed by atoms with Gasteiger partial charge in [0.2, 0.25) is 11.8 Å². The lowest BCUT2D eigenvalue weighted by atomic mass is 9.88. The fourth-order valence-electron chi connectivity index (χ4n) is 3.16. The summed E-state index contributed by atoms with van der Waals surface area (Å²) in [4.78, 5) is 26.4. The van der Waals surface area contributed by atoms with Gasteiger partial charge in [0.1, 0.15) is 0 Å². The van der Waals surface area contributed by atoms with Gasteiger partial charge in [-0.15, -0.1) is 0 Å². The van der Waals surface area contributed by atoms with E-state index >= 15 is 0 Å². The predicted octanol–water partition coefficient (Wildman–Crippen LogP) is 2.18. The number of ether oxygens (including phenoxy) is 1. The molecule has 1 fully saturated rings. The van der Waals surface area contributed by atoms with Crippen LogP contribution in [0.2, 0.25) is 0 Å². The zero-order valence-electron chi connectivity index (χ0n) is 14.8. The molecule has 1 saturated heterocycles. The van der Waals surface area contributed by atoms with Crippen LogP contribution in [0, 0.1) is 0 Å². The van der Waals surface area contributed by atoms with E-state index in [1.807, 2.05) is 60.7 Å². The molecule has 1 aliphatic heterocycles. The smallest absolute Gasteiger partial charge is 0.242 e. The Balaban J connectivity index is 1.61. The molecule has 0 bridgehead atoms. The third-order valence-corrected chi connectivity index (χ3v) is 4.59. The third kappa shape index (κ3) is 4.92. The van der Waals surface area contributed by atoms with Crippen molar-refractivity contribution in [3.8, 4) is 0 Å². The van der Waals surface area contributed by atoms with Gasteiger partial charge in [0.05, 0.1) is 19.8 Å². The zero-order chi connectivity index (χ0) is 18.2. The number of nitrogens with zero attached hydrogens (tertiary/aromatic N) is 1. The lowest BCUT2D eigenvalue weighted by Gasteiger charge is -2.27. The van der Waals surface area contributed by atoms with E-state index in [9.17, 15) is 9.59 Å². The summed E-state index contributed by atoms with van der Waals surface area (Å²) >= 11 is 0. The monoisotopic (exact) mass is 352 g/mol. The summed E-state index contributed by atoms with van der Waals surface area (Å²) in [5.41, 5.74) is 2.18. The van der Waals surface area contributed by atoms with E-state index < -0.39 is 0 Å². The SMILES string of the molecule is O=C(CC(c1ccccc1)c1ccccc1)NCC(=O)N1CCOCC1. The van der Waals surface area contributed by atoms with Gasteiger partial charge in [-0.2, -0.15) is 0 Å². The molecule has 0 spiro atoms. The molecule has 0 radical (unpaired) electrons. The van der Waals surface area contributed by atoms with Crippen LogP contribution in [0.3, 0.4) is 0 Å². The first kappa shape index (κ1) is 18.1. The first-order chi connectivity index (χ1) is 12.7. The van der Waals surface area contributed by atoms with Crippen LogP contribution in [0.5, 0.6) is 0 Å². The molecule has 1 aliphatic rings. The van der Waals surface area contributed by atoms with Crippen molar-refractivity contribution in [3.05, 3.63) is 71.8 Å². The number of benzene rings is 2. The van der Waals surface area contributed by atoms with Crippen LogP contribution in [-0.4, -0.2) is 49.6 Å². The molecule has 3 rings (SSSR count). The lowest BCUT2D eigenvalue weighted by Crippen LogP contribution is -2.45. The second kappa shape index (κ2) is 9.15. The van der Waals surface area contributed by atoms with Crippen molar-refractivity contribution in [1.29, 1.82) is 0 Å². The molecule has 5 nitrogen and oxygen atoms in total. The van der Waals surface area contributed by atoms with Gasteiger partial charge in [-0.1, -0.05) is 60.7 Å². The Morgan fingerprint density at radius 2 is 1.46 bits per heavy atom. The van der Waals surface area contributed by atoms with Crippen LogP contribution in [0.15, 0.2) is 60.7 Å². The predicted molar refractivity (Wildman–Crippen MR) is 99.8 cm³/mol. The third-order valence-electron chi connectivity index (χ3n) is 4.59. The molecule has 2 aromatic rings. The van der Waals surface area contributed by atoms with Gasteiger partial charge >= 0.3 is 0 Å². The second-order valence-corrected chi connectivity index (χ2v) is 6.35. The molecule has 0 saturated carbocycles. The minimum Gasteiger partial charge on any atom is -0.378 e. The summed E-state index contributed by atoms with van der Waals surface area (Å²) in [6.45, 7) is 2.33. The quantitative estimate of drug-likeness (QED) is 0.867. The van der Waals surface area contributed by atoms with Crippen LogP contribution in [0.4, 0.5) is 0 Å². The van der Waals surface area contributed by atoms with Crippen LogP contribution in [-0.2, 0) is 14.3 Å². The zero-order valence-corrected chi connectivity index (χ0v) is 14.8. The molecule has 26 heavy (non-hydrogen) atoms. The summed E-state index contributed by atoms with van der Waals surface area (Å²) in [6.07, 6.45) is 0.310. The van der Waals surface area contributed by atoms with Gasteiger partial charge in [0.15, 0.2) is 0 Å². The molecule has 1 N–H and O–H groups in total. The number of morpholine rings is 1. The van der Waals surface area contributed by atoms with Gasteiger partial charge in [-0.25, -0.2) is 0 Å². The molecule has 1 heterocycles. The van der Waals surface area contributed by atoms with Crippen molar-refractivity contribution >= 4 is 11.8 Å². The summed E-state index contributed by atoms with van der Waals surface area (Å²) in [5.74, 6) is -0.210. The number of nitrogens with one attached hydrogen (secondary N) is 1. The average Bonchev–Trinajstić information content (AvgIpc) is 2.72. The topological polar surface area (TPSA) is 58.6 Å². The van der Waals surface area contributed by atoms with Crippen LogP contribution < -0.4 is 5.32 Å². The maximum absolute atomic E-state index is 12.5. The van der Waals surface area contributed by atoms with Gasteiger partial charge in [0, 0.05) is 25.4 Å². The summed E-state index contributed by atoms with van der Waals surface area (Å²) in [6, 6.07) is 20.0. The Labute approximate surface area is 154 Å². The number of rotatable bonds is 6. The molecule has 0 atom stereocenters. The molecule has 2 amide bonds. The van der Waals surface area contributed by atoms with Gasteiger partial charge < -0.3 is 15.0 Å². The normalized spacial score (nSPS) is 14.3. The number of carbonyl (C=O) groups excluding carboxylic acids is 2. The van der Waals surface area contributed by atoms with Crippen LogP contribution >= 0.6 is 0 Å². The van der Waals surface area contributed by atoms with E-state index in [1.165, 1.54) is 0 Å². The standard InChI is InChI=1S/C21H24N2O3/c24-20(22-16-21(25)23-11-13-26-14-12-23)15-19(17-7-3-1-4-8-17)18-9-5-2-6-10-18/h1-10,19H,11-16H2,(H,22,24). The van der Waals surface area contributed by atoms with Gasteiger partial charge in [-0.3, -0.25) is 9.59 Å². The Hall–Kier alpha value is -2.66. The highest BCUT2D eigenvalue weighted by Crippen LogP contribution is 2.27. The van der Waals surface area contributed by atoms with Gasteiger partial charge in [0.25, 0.3) is 0 Å². The highest BCUT2D eigenvalue weighted by Gasteiger charge is 2.20. The summed E-state index contributed by atoms with van der Waals surface area (Å²) in [5, 5.41) is 2.78. The maximum Gasteiger partial charge on any atom is 0.242 e. The molecular formula is C21H24N2O3. The molecule has 0 aromatic heterocycles. The molecular weight excluding hydrogens is 328 g/mol. The number of carbonyl (C=O) groups is 2. The Bertz CT molecular complexity index is 673. The highest BCUT2D eigenvalue weighted by molar-refractivity contribution is 5.85. The number of hydrogen-bond donors (Lipinski definition) is 1. The summed E-state index contributed by atoms with van der Waals surface area (Å²) in [7, 11) is 0. The van der Waals surface area contributed by atoms with E-state index in [0.29, 0.717) is 32.7 Å². The molecule has 0 unspecified atom stereocenters. The van der Waals surface area contributed by atoms with E-state index in [4.69, 9.17) is 4.74 Å². The van der Waals surface area contributed by atoms with Crippen molar-refractivity contribution in [2.75, 3.05) is 32.8 Å². The Morgan fingerprint density at radius 3 is 2.00 bits per heavy atom. The fraction of sp³-hybridized carbons (Fsp3) is 0.333. The van der Waals surface area contributed by atoms with Crippen molar-refractivity contribution in [3.63, 3.8) is 0 Å². The number of hydrogen-bond acceptors (Lipinski definition) is 3. The largest absolute Gasteiger partial charge is 0.378 e. The Morgan fingerprint density at radius 1 is 0.923 bits per heavy atom. The average molecular weight is 352 g/mol. The minimum atomic E-state index is -0.121. The molecule has 5 heteroatoms. The van der Waals surface area contributed by atoms with E-state index in [0.717, 1.165) is 11.1 Å². The lowest BCUT2D eigenvalue weighted by molar-refractivity contribution is -0.136.